The molecule has 0 aliphatic heterocycles. The van der Waals surface area contributed by atoms with Gasteiger partial charge in [0.2, 0.25) is 0 Å². The smallest absolute Gasteiger partial charge is 0.110 e. The lowest BCUT2D eigenvalue weighted by molar-refractivity contribution is 0.464. The molecule has 3 rings (SSSR count). The average molecular weight is 283 g/mol. The van der Waals surface area contributed by atoms with E-state index < -0.39 is 0 Å². The number of benzene rings is 1. The Bertz CT molecular complexity index is 625. The number of nitrogens with two attached hydrogens (primary N) is 1. The van der Waals surface area contributed by atoms with Crippen molar-refractivity contribution in [1.82, 2.24) is 9.55 Å². The van der Waals surface area contributed by atoms with Crippen molar-refractivity contribution in [3.63, 3.8) is 0 Å². The molecule has 0 radical (unpaired) electrons. The molecule has 1 aromatic heterocycles. The number of fused-ring (bicyclic) bond motifs is 1. The van der Waals surface area contributed by atoms with E-state index in [1.54, 1.807) is 0 Å². The van der Waals surface area contributed by atoms with E-state index in [0.29, 0.717) is 0 Å². The summed E-state index contributed by atoms with van der Waals surface area (Å²) in [6.45, 7) is 5.19. The second-order valence-corrected chi connectivity index (χ2v) is 6.41. The number of nitrogens with zero attached hydrogens (tertiary/aromatic N) is 2. The van der Waals surface area contributed by atoms with Gasteiger partial charge in [0.05, 0.1) is 0 Å². The highest BCUT2D eigenvalue weighted by atomic mass is 15.1. The third kappa shape index (κ3) is 2.88. The number of hydrogen-bond donors (Lipinski definition) is 1. The van der Waals surface area contributed by atoms with Crippen LogP contribution in [0.1, 0.15) is 49.2 Å². The van der Waals surface area contributed by atoms with Gasteiger partial charge in [-0.25, -0.2) is 4.98 Å². The third-order valence-electron chi connectivity index (χ3n) is 4.68. The molecule has 0 fully saturated rings. The van der Waals surface area contributed by atoms with Gasteiger partial charge in [-0.15, -0.1) is 0 Å². The highest BCUT2D eigenvalue weighted by Crippen LogP contribution is 2.28. The number of aryl methyl sites for hydroxylation is 3. The molecule has 112 valence electrons. The molecule has 3 nitrogen and oxygen atoms in total. The van der Waals surface area contributed by atoms with Crippen molar-refractivity contribution in [1.29, 1.82) is 0 Å². The quantitative estimate of drug-likeness (QED) is 0.936. The van der Waals surface area contributed by atoms with E-state index in [1.807, 2.05) is 12.4 Å². The minimum atomic E-state index is -0.370. The van der Waals surface area contributed by atoms with Crippen LogP contribution in [0.4, 0.5) is 0 Å². The first kappa shape index (κ1) is 14.3. The van der Waals surface area contributed by atoms with Gasteiger partial charge in [-0.2, -0.15) is 0 Å². The lowest BCUT2D eigenvalue weighted by atomic mass is 9.84. The van der Waals surface area contributed by atoms with Crippen LogP contribution in [0.2, 0.25) is 0 Å². The Labute approximate surface area is 127 Å². The Morgan fingerprint density at radius 2 is 2.00 bits per heavy atom. The average Bonchev–Trinajstić information content (AvgIpc) is 2.93. The second-order valence-electron chi connectivity index (χ2n) is 6.41. The summed E-state index contributed by atoms with van der Waals surface area (Å²) in [5, 5.41) is 0. The predicted octanol–water partition coefficient (Wildman–Crippen LogP) is 3.20. The highest BCUT2D eigenvalue weighted by Gasteiger charge is 2.25. The summed E-state index contributed by atoms with van der Waals surface area (Å²) in [5.41, 5.74) is 10.5. The van der Waals surface area contributed by atoms with Crippen molar-refractivity contribution < 1.29 is 0 Å². The SMILES string of the molecule is CCn1ccnc1CC(C)(N)c1ccc2c(c1)CCCC2. The minimum absolute atomic E-state index is 0.370. The highest BCUT2D eigenvalue weighted by molar-refractivity contribution is 5.37. The number of rotatable bonds is 4. The molecule has 1 aromatic carbocycles. The molecule has 0 bridgehead atoms. The molecule has 1 aliphatic rings. The summed E-state index contributed by atoms with van der Waals surface area (Å²) in [6, 6.07) is 6.82. The maximum Gasteiger partial charge on any atom is 0.110 e. The van der Waals surface area contributed by atoms with Crippen molar-refractivity contribution in [2.75, 3.05) is 0 Å². The second kappa shape index (κ2) is 5.64. The van der Waals surface area contributed by atoms with Crippen LogP contribution < -0.4 is 5.73 Å². The standard InChI is InChI=1S/C18H25N3/c1-3-21-11-10-20-17(21)13-18(2,19)16-9-8-14-6-4-5-7-15(14)12-16/h8-12H,3-7,13,19H2,1-2H3. The van der Waals surface area contributed by atoms with E-state index >= 15 is 0 Å². The van der Waals surface area contributed by atoms with Crippen molar-refractivity contribution in [2.45, 2.75) is 58.0 Å². The predicted molar refractivity (Wildman–Crippen MR) is 86.2 cm³/mol. The van der Waals surface area contributed by atoms with Gasteiger partial charge in [0.15, 0.2) is 0 Å². The lowest BCUT2D eigenvalue weighted by Gasteiger charge is -2.27. The van der Waals surface area contributed by atoms with Crippen LogP contribution in [0.5, 0.6) is 0 Å². The molecule has 1 atom stereocenters. The van der Waals surface area contributed by atoms with Gasteiger partial charge >= 0.3 is 0 Å². The first-order chi connectivity index (χ1) is 10.1. The van der Waals surface area contributed by atoms with Gasteiger partial charge in [0, 0.05) is 30.9 Å². The molecule has 3 heteroatoms. The lowest BCUT2D eigenvalue weighted by Crippen LogP contribution is -2.36. The summed E-state index contributed by atoms with van der Waals surface area (Å²) >= 11 is 0. The maximum atomic E-state index is 6.63. The Morgan fingerprint density at radius 1 is 1.24 bits per heavy atom. The third-order valence-corrected chi connectivity index (χ3v) is 4.68. The van der Waals surface area contributed by atoms with Gasteiger partial charge in [0.25, 0.3) is 0 Å². The topological polar surface area (TPSA) is 43.8 Å². The van der Waals surface area contributed by atoms with Crippen LogP contribution >= 0.6 is 0 Å². The molecular weight excluding hydrogens is 258 g/mol. The van der Waals surface area contributed by atoms with Crippen LogP contribution in [-0.4, -0.2) is 9.55 Å². The molecule has 1 aliphatic carbocycles. The molecule has 2 aromatic rings. The first-order valence-electron chi connectivity index (χ1n) is 8.01. The Hall–Kier alpha value is -1.61. The zero-order chi connectivity index (χ0) is 14.9. The molecular formula is C18H25N3. The van der Waals surface area contributed by atoms with E-state index in [4.69, 9.17) is 5.73 Å². The Morgan fingerprint density at radius 3 is 2.76 bits per heavy atom. The van der Waals surface area contributed by atoms with Gasteiger partial charge in [-0.1, -0.05) is 18.2 Å². The van der Waals surface area contributed by atoms with E-state index in [-0.39, 0.29) is 5.54 Å². The fourth-order valence-corrected chi connectivity index (χ4v) is 3.31. The van der Waals surface area contributed by atoms with Crippen molar-refractivity contribution in [3.05, 3.63) is 53.1 Å². The van der Waals surface area contributed by atoms with E-state index in [9.17, 15) is 0 Å². The largest absolute Gasteiger partial charge is 0.335 e. The molecule has 2 N–H and O–H groups in total. The number of aromatic nitrogens is 2. The summed E-state index contributed by atoms with van der Waals surface area (Å²) in [7, 11) is 0. The fraction of sp³-hybridized carbons (Fsp3) is 0.500. The molecule has 1 unspecified atom stereocenters. The Kier molecular flexibility index (Phi) is 3.85. The number of hydrogen-bond acceptors (Lipinski definition) is 2. The molecule has 21 heavy (non-hydrogen) atoms. The normalized spacial score (nSPS) is 17.3. The van der Waals surface area contributed by atoms with Crippen LogP contribution in [-0.2, 0) is 31.3 Å². The molecule has 0 spiro atoms. The Balaban J connectivity index is 1.87. The zero-order valence-electron chi connectivity index (χ0n) is 13.1. The summed E-state index contributed by atoms with van der Waals surface area (Å²) in [6.07, 6.45) is 9.70. The molecule has 0 saturated heterocycles. The monoisotopic (exact) mass is 283 g/mol. The van der Waals surface area contributed by atoms with Crippen LogP contribution in [0.25, 0.3) is 0 Å². The van der Waals surface area contributed by atoms with Crippen LogP contribution in [0.3, 0.4) is 0 Å². The fourth-order valence-electron chi connectivity index (χ4n) is 3.31. The van der Waals surface area contributed by atoms with Crippen LogP contribution in [0, 0.1) is 0 Å². The minimum Gasteiger partial charge on any atom is -0.335 e. The zero-order valence-corrected chi connectivity index (χ0v) is 13.1. The summed E-state index contributed by atoms with van der Waals surface area (Å²) in [5.74, 6) is 1.07. The molecule has 0 amide bonds. The molecule has 0 saturated carbocycles. The van der Waals surface area contributed by atoms with Gasteiger partial charge in [-0.3, -0.25) is 0 Å². The number of imidazole rings is 1. The van der Waals surface area contributed by atoms with Gasteiger partial charge in [0.1, 0.15) is 5.82 Å². The van der Waals surface area contributed by atoms with Gasteiger partial charge in [-0.05, 0) is 56.2 Å². The van der Waals surface area contributed by atoms with Crippen LogP contribution in [0.15, 0.2) is 30.6 Å². The van der Waals surface area contributed by atoms with Crippen molar-refractivity contribution in [2.24, 2.45) is 5.73 Å². The maximum absolute atomic E-state index is 6.63. The first-order valence-corrected chi connectivity index (χ1v) is 8.01. The van der Waals surface area contributed by atoms with E-state index in [0.717, 1.165) is 18.8 Å². The van der Waals surface area contributed by atoms with Crippen molar-refractivity contribution >= 4 is 0 Å². The van der Waals surface area contributed by atoms with Crippen molar-refractivity contribution in [3.8, 4) is 0 Å². The van der Waals surface area contributed by atoms with E-state index in [1.165, 1.54) is 42.4 Å². The molecule has 1 heterocycles. The summed E-state index contributed by atoms with van der Waals surface area (Å²) in [4.78, 5) is 4.47. The van der Waals surface area contributed by atoms with Gasteiger partial charge < -0.3 is 10.3 Å². The van der Waals surface area contributed by atoms with E-state index in [2.05, 4.69) is 41.6 Å². The summed E-state index contributed by atoms with van der Waals surface area (Å²) < 4.78 is 2.17.